The first-order valence-corrected chi connectivity index (χ1v) is 9.83. The number of anilines is 2. The summed E-state index contributed by atoms with van der Waals surface area (Å²) in [5.41, 5.74) is 0.0272. The van der Waals surface area contributed by atoms with Crippen molar-refractivity contribution >= 4 is 23.3 Å². The molecule has 164 valence electrons. The lowest BCUT2D eigenvalue weighted by Gasteiger charge is -2.35. The molecule has 0 spiro atoms. The van der Waals surface area contributed by atoms with Crippen LogP contribution in [0.1, 0.15) is 10.4 Å². The molecule has 0 aliphatic carbocycles. The maximum absolute atomic E-state index is 11.9. The van der Waals surface area contributed by atoms with Crippen LogP contribution in [-0.4, -0.2) is 59.1 Å². The molecular formula is C21H20N6O5. The Morgan fingerprint density at radius 2 is 1.72 bits per heavy atom. The van der Waals surface area contributed by atoms with Gasteiger partial charge in [-0.05, 0) is 36.4 Å². The van der Waals surface area contributed by atoms with Gasteiger partial charge in [0, 0.05) is 32.4 Å². The van der Waals surface area contributed by atoms with Crippen molar-refractivity contribution < 1.29 is 19.2 Å². The van der Waals surface area contributed by atoms with Crippen molar-refractivity contribution in [1.82, 2.24) is 15.0 Å². The highest BCUT2D eigenvalue weighted by Crippen LogP contribution is 2.36. The van der Waals surface area contributed by atoms with Crippen LogP contribution in [0.2, 0.25) is 0 Å². The molecule has 0 bridgehead atoms. The fraction of sp³-hybridized carbons (Fsp3) is 0.238. The van der Waals surface area contributed by atoms with Gasteiger partial charge in [-0.1, -0.05) is 6.07 Å². The van der Waals surface area contributed by atoms with Gasteiger partial charge < -0.3 is 19.3 Å². The standard InChI is InChI=1S/C21H20N6O5/c1-31-21(28)15-5-7-16(8-6-15)32-20-18(27(29)30)19(23-14-24-20)26-12-10-25(11-13-26)17-4-2-3-9-22-17/h2-9,14H,10-13H2,1H3. The lowest BCUT2D eigenvalue weighted by molar-refractivity contribution is -0.385. The summed E-state index contributed by atoms with van der Waals surface area (Å²) >= 11 is 0. The van der Waals surface area contributed by atoms with E-state index in [9.17, 15) is 14.9 Å². The smallest absolute Gasteiger partial charge is 0.373 e. The van der Waals surface area contributed by atoms with E-state index in [1.807, 2.05) is 23.1 Å². The van der Waals surface area contributed by atoms with Gasteiger partial charge in [-0.2, -0.15) is 4.98 Å². The van der Waals surface area contributed by atoms with E-state index < -0.39 is 10.9 Å². The van der Waals surface area contributed by atoms with E-state index in [0.29, 0.717) is 37.5 Å². The Hall–Kier alpha value is -4.28. The third-order valence-electron chi connectivity index (χ3n) is 4.99. The van der Waals surface area contributed by atoms with Crippen molar-refractivity contribution in [3.8, 4) is 11.6 Å². The van der Waals surface area contributed by atoms with Crippen LogP contribution in [0.15, 0.2) is 55.0 Å². The average molecular weight is 436 g/mol. The third-order valence-corrected chi connectivity index (χ3v) is 4.99. The molecule has 1 aliphatic rings. The molecule has 1 aliphatic heterocycles. The monoisotopic (exact) mass is 436 g/mol. The van der Waals surface area contributed by atoms with Crippen LogP contribution >= 0.6 is 0 Å². The number of rotatable bonds is 6. The fourth-order valence-corrected chi connectivity index (χ4v) is 3.40. The van der Waals surface area contributed by atoms with E-state index in [1.165, 1.54) is 37.7 Å². The Morgan fingerprint density at radius 3 is 2.34 bits per heavy atom. The highest BCUT2D eigenvalue weighted by molar-refractivity contribution is 5.89. The quantitative estimate of drug-likeness (QED) is 0.323. The number of ether oxygens (including phenoxy) is 2. The van der Waals surface area contributed by atoms with Gasteiger partial charge in [-0.3, -0.25) is 10.1 Å². The largest absolute Gasteiger partial charge is 0.465 e. The minimum Gasteiger partial charge on any atom is -0.465 e. The Labute approximate surface area is 183 Å². The van der Waals surface area contributed by atoms with Crippen molar-refractivity contribution in [2.24, 2.45) is 0 Å². The van der Waals surface area contributed by atoms with Crippen molar-refractivity contribution in [1.29, 1.82) is 0 Å². The van der Waals surface area contributed by atoms with Crippen molar-refractivity contribution in [3.05, 3.63) is 70.7 Å². The summed E-state index contributed by atoms with van der Waals surface area (Å²) in [6.45, 7) is 2.34. The molecule has 1 saturated heterocycles. The molecule has 1 fully saturated rings. The number of aromatic nitrogens is 3. The molecule has 32 heavy (non-hydrogen) atoms. The van der Waals surface area contributed by atoms with Gasteiger partial charge in [0.15, 0.2) is 0 Å². The van der Waals surface area contributed by atoms with Crippen molar-refractivity contribution in [2.75, 3.05) is 43.1 Å². The molecule has 1 aromatic carbocycles. The molecule has 0 N–H and O–H groups in total. The van der Waals surface area contributed by atoms with E-state index in [0.717, 1.165) is 5.82 Å². The Morgan fingerprint density at radius 1 is 1.00 bits per heavy atom. The van der Waals surface area contributed by atoms with Crippen LogP contribution in [0.5, 0.6) is 11.6 Å². The Kier molecular flexibility index (Phi) is 6.06. The number of esters is 1. The van der Waals surface area contributed by atoms with Crippen molar-refractivity contribution in [2.45, 2.75) is 0 Å². The molecule has 0 amide bonds. The number of pyridine rings is 1. The molecule has 2 aromatic heterocycles. The topological polar surface area (TPSA) is 124 Å². The predicted molar refractivity (Wildman–Crippen MR) is 115 cm³/mol. The second-order valence-corrected chi connectivity index (χ2v) is 6.89. The number of carbonyl (C=O) groups excluding carboxylic acids is 1. The minimum atomic E-state index is -0.543. The average Bonchev–Trinajstić information content (AvgIpc) is 2.84. The highest BCUT2D eigenvalue weighted by Gasteiger charge is 2.31. The third kappa shape index (κ3) is 4.41. The van der Waals surface area contributed by atoms with Crippen LogP contribution in [0.4, 0.5) is 17.3 Å². The number of piperazine rings is 1. The molecule has 0 saturated carbocycles. The van der Waals surface area contributed by atoms with Crippen molar-refractivity contribution in [3.63, 3.8) is 0 Å². The molecule has 11 heteroatoms. The Bertz CT molecular complexity index is 1100. The second-order valence-electron chi connectivity index (χ2n) is 6.89. The van der Waals surface area contributed by atoms with E-state index in [4.69, 9.17) is 4.74 Å². The fourth-order valence-electron chi connectivity index (χ4n) is 3.40. The van der Waals surface area contributed by atoms with Gasteiger partial charge in [0.1, 0.15) is 17.9 Å². The summed E-state index contributed by atoms with van der Waals surface area (Å²) in [7, 11) is 1.29. The summed E-state index contributed by atoms with van der Waals surface area (Å²) in [6.07, 6.45) is 2.98. The van der Waals surface area contributed by atoms with E-state index >= 15 is 0 Å². The zero-order chi connectivity index (χ0) is 22.5. The van der Waals surface area contributed by atoms with Gasteiger partial charge in [0.2, 0.25) is 5.82 Å². The van der Waals surface area contributed by atoms with E-state index in [1.54, 1.807) is 6.20 Å². The molecule has 4 rings (SSSR count). The number of hydrogen-bond donors (Lipinski definition) is 0. The summed E-state index contributed by atoms with van der Waals surface area (Å²) in [4.78, 5) is 39.4. The van der Waals surface area contributed by atoms with Gasteiger partial charge in [-0.15, -0.1) is 0 Å². The van der Waals surface area contributed by atoms with Crippen LogP contribution in [-0.2, 0) is 4.74 Å². The molecule has 3 heterocycles. The van der Waals surface area contributed by atoms with Crippen LogP contribution in [0.25, 0.3) is 0 Å². The molecule has 0 unspecified atom stereocenters. The summed E-state index contributed by atoms with van der Waals surface area (Å²) in [6, 6.07) is 11.8. The second kappa shape index (κ2) is 9.25. The summed E-state index contributed by atoms with van der Waals surface area (Å²) in [5, 5.41) is 11.9. The number of benzene rings is 1. The number of hydrogen-bond acceptors (Lipinski definition) is 10. The Balaban J connectivity index is 1.54. The molecule has 0 radical (unpaired) electrons. The molecule has 0 atom stereocenters. The first kappa shape index (κ1) is 21.0. The zero-order valence-electron chi connectivity index (χ0n) is 17.2. The van der Waals surface area contributed by atoms with Crippen LogP contribution in [0.3, 0.4) is 0 Å². The van der Waals surface area contributed by atoms with Gasteiger partial charge in [0.25, 0.3) is 0 Å². The lowest BCUT2D eigenvalue weighted by Crippen LogP contribution is -2.47. The van der Waals surface area contributed by atoms with Crippen LogP contribution in [0, 0.1) is 10.1 Å². The first-order valence-electron chi connectivity index (χ1n) is 9.83. The maximum Gasteiger partial charge on any atom is 0.373 e. The predicted octanol–water partition coefficient (Wildman–Crippen LogP) is 2.69. The minimum absolute atomic E-state index is 0.169. The van der Waals surface area contributed by atoms with E-state index in [-0.39, 0.29) is 17.4 Å². The molecule has 11 nitrogen and oxygen atoms in total. The van der Waals surface area contributed by atoms with E-state index in [2.05, 4.69) is 24.6 Å². The number of nitrogens with zero attached hydrogens (tertiary/aromatic N) is 6. The van der Waals surface area contributed by atoms with Gasteiger partial charge in [0.05, 0.1) is 17.6 Å². The normalized spacial score (nSPS) is 13.5. The summed E-state index contributed by atoms with van der Waals surface area (Å²) < 4.78 is 10.3. The SMILES string of the molecule is COC(=O)c1ccc(Oc2ncnc(N3CCN(c4ccccn4)CC3)c2[N+](=O)[O-])cc1. The number of nitro groups is 1. The number of methoxy groups -OCH3 is 1. The lowest BCUT2D eigenvalue weighted by atomic mass is 10.2. The zero-order valence-corrected chi connectivity index (χ0v) is 17.2. The van der Waals surface area contributed by atoms with Gasteiger partial charge >= 0.3 is 17.5 Å². The molecule has 3 aromatic rings. The molecular weight excluding hydrogens is 416 g/mol. The summed E-state index contributed by atoms with van der Waals surface area (Å²) in [5.74, 6) is 0.704. The maximum atomic E-state index is 11.9. The number of carbonyl (C=O) groups is 1. The van der Waals surface area contributed by atoms with Gasteiger partial charge in [-0.25, -0.2) is 14.8 Å². The first-order chi connectivity index (χ1) is 15.6. The van der Waals surface area contributed by atoms with Crippen LogP contribution < -0.4 is 14.5 Å². The highest BCUT2D eigenvalue weighted by atomic mass is 16.6.